The minimum Gasteiger partial charge on any atom is -0.337 e. The van der Waals surface area contributed by atoms with Gasteiger partial charge in [-0.1, -0.05) is 24.3 Å². The van der Waals surface area contributed by atoms with E-state index in [2.05, 4.69) is 0 Å². The lowest BCUT2D eigenvalue weighted by Gasteiger charge is -2.25. The number of nitro groups is 1. The minimum atomic E-state index is -4.45. The number of hydrogen-bond donors (Lipinski definition) is 0. The van der Waals surface area contributed by atoms with Crippen molar-refractivity contribution in [3.05, 3.63) is 75.3 Å². The molecule has 156 valence electrons. The van der Waals surface area contributed by atoms with Crippen LogP contribution in [0.15, 0.2) is 48.5 Å². The van der Waals surface area contributed by atoms with Crippen molar-refractivity contribution < 1.29 is 22.9 Å². The van der Waals surface area contributed by atoms with Gasteiger partial charge in [-0.05, 0) is 37.4 Å². The summed E-state index contributed by atoms with van der Waals surface area (Å²) in [6.45, 7) is 0.934. The molecule has 0 aliphatic heterocycles. The molecule has 2 rings (SSSR count). The lowest BCUT2D eigenvalue weighted by molar-refractivity contribution is -0.384. The van der Waals surface area contributed by atoms with Gasteiger partial charge in [0.2, 0.25) is 5.91 Å². The van der Waals surface area contributed by atoms with Crippen LogP contribution in [0.3, 0.4) is 0 Å². The van der Waals surface area contributed by atoms with Gasteiger partial charge in [-0.25, -0.2) is 0 Å². The van der Waals surface area contributed by atoms with Crippen LogP contribution < -0.4 is 0 Å². The van der Waals surface area contributed by atoms with Crippen molar-refractivity contribution in [2.75, 3.05) is 27.2 Å². The number of alkyl halides is 3. The Hall–Kier alpha value is -2.94. The summed E-state index contributed by atoms with van der Waals surface area (Å²) in [7, 11) is 3.67. The Morgan fingerprint density at radius 1 is 1.03 bits per heavy atom. The van der Waals surface area contributed by atoms with Crippen LogP contribution in [0.25, 0.3) is 0 Å². The van der Waals surface area contributed by atoms with Crippen molar-refractivity contribution in [1.82, 2.24) is 9.80 Å². The SMILES string of the molecule is CN(C)CCN(Cc1cccc(C(F)(F)F)c1)C(=O)Cc1ccc([N+](=O)[O-])cc1. The van der Waals surface area contributed by atoms with Crippen LogP contribution in [0.5, 0.6) is 0 Å². The minimum absolute atomic E-state index is 0.00435. The summed E-state index contributed by atoms with van der Waals surface area (Å²) >= 11 is 0. The smallest absolute Gasteiger partial charge is 0.337 e. The Balaban J connectivity index is 2.16. The quantitative estimate of drug-likeness (QED) is 0.492. The maximum absolute atomic E-state index is 13.0. The van der Waals surface area contributed by atoms with Crippen LogP contribution in [0.1, 0.15) is 16.7 Å². The van der Waals surface area contributed by atoms with E-state index >= 15 is 0 Å². The lowest BCUT2D eigenvalue weighted by atomic mass is 10.1. The lowest BCUT2D eigenvalue weighted by Crippen LogP contribution is -2.37. The summed E-state index contributed by atoms with van der Waals surface area (Å²) in [6.07, 6.45) is -4.45. The zero-order valence-electron chi connectivity index (χ0n) is 16.1. The van der Waals surface area contributed by atoms with E-state index in [1.807, 2.05) is 19.0 Å². The van der Waals surface area contributed by atoms with Gasteiger partial charge in [-0.2, -0.15) is 13.2 Å². The van der Waals surface area contributed by atoms with Crippen molar-refractivity contribution >= 4 is 11.6 Å². The van der Waals surface area contributed by atoms with E-state index in [1.54, 1.807) is 6.07 Å². The number of amides is 1. The summed E-state index contributed by atoms with van der Waals surface area (Å²) in [5.41, 5.74) is 0.148. The van der Waals surface area contributed by atoms with E-state index in [0.29, 0.717) is 24.2 Å². The molecule has 6 nitrogen and oxygen atoms in total. The monoisotopic (exact) mass is 409 g/mol. The fraction of sp³-hybridized carbons (Fsp3) is 0.350. The first kappa shape index (κ1) is 22.4. The molecule has 9 heteroatoms. The molecule has 0 saturated heterocycles. The highest BCUT2D eigenvalue weighted by Crippen LogP contribution is 2.29. The highest BCUT2D eigenvalue weighted by molar-refractivity contribution is 5.78. The molecule has 2 aromatic carbocycles. The Kier molecular flexibility index (Phi) is 7.33. The molecule has 0 saturated carbocycles. The molecule has 0 aliphatic rings. The number of hydrogen-bond acceptors (Lipinski definition) is 4. The van der Waals surface area contributed by atoms with E-state index in [-0.39, 0.29) is 24.6 Å². The van der Waals surface area contributed by atoms with Gasteiger partial charge in [-0.3, -0.25) is 14.9 Å². The van der Waals surface area contributed by atoms with Crippen LogP contribution in [0.4, 0.5) is 18.9 Å². The molecule has 0 heterocycles. The zero-order valence-corrected chi connectivity index (χ0v) is 16.1. The normalized spacial score (nSPS) is 11.5. The molecule has 0 fully saturated rings. The van der Waals surface area contributed by atoms with E-state index in [9.17, 15) is 28.1 Å². The van der Waals surface area contributed by atoms with Crippen LogP contribution in [-0.4, -0.2) is 47.8 Å². The molecule has 0 spiro atoms. The van der Waals surface area contributed by atoms with E-state index in [1.165, 1.54) is 35.2 Å². The summed E-state index contributed by atoms with van der Waals surface area (Å²) in [4.78, 5) is 26.4. The van der Waals surface area contributed by atoms with E-state index < -0.39 is 16.7 Å². The Morgan fingerprint density at radius 3 is 2.24 bits per heavy atom. The standard InChI is InChI=1S/C20H22F3N3O3/c1-24(2)10-11-25(14-16-4-3-5-17(12-16)20(21,22)23)19(27)13-15-6-8-18(9-7-15)26(28)29/h3-9,12H,10-11,13-14H2,1-2H3. The van der Waals surface area contributed by atoms with Crippen LogP contribution in [0.2, 0.25) is 0 Å². The number of nitro benzene ring substituents is 1. The first-order valence-electron chi connectivity index (χ1n) is 8.88. The van der Waals surface area contributed by atoms with E-state index in [0.717, 1.165) is 12.1 Å². The zero-order chi connectivity index (χ0) is 21.6. The largest absolute Gasteiger partial charge is 0.416 e. The molecule has 0 aromatic heterocycles. The third-order valence-corrected chi connectivity index (χ3v) is 4.30. The number of halogens is 3. The average molecular weight is 409 g/mol. The number of carbonyl (C=O) groups is 1. The molecular formula is C20H22F3N3O3. The van der Waals surface area contributed by atoms with Gasteiger partial charge in [0.05, 0.1) is 16.9 Å². The maximum atomic E-state index is 13.0. The molecular weight excluding hydrogens is 387 g/mol. The van der Waals surface area contributed by atoms with Gasteiger partial charge in [0.1, 0.15) is 0 Å². The number of benzene rings is 2. The first-order chi connectivity index (χ1) is 13.6. The molecule has 0 atom stereocenters. The fourth-order valence-electron chi connectivity index (χ4n) is 2.70. The number of carbonyl (C=O) groups excluding carboxylic acids is 1. The maximum Gasteiger partial charge on any atom is 0.416 e. The van der Waals surface area contributed by atoms with Crippen LogP contribution in [0, 0.1) is 10.1 Å². The second-order valence-electron chi connectivity index (χ2n) is 6.92. The third kappa shape index (κ3) is 6.86. The predicted octanol–water partition coefficient (Wildman–Crippen LogP) is 3.75. The Labute approximate surface area is 166 Å². The molecule has 0 aliphatic carbocycles. The van der Waals surface area contributed by atoms with Gasteiger partial charge in [0, 0.05) is 31.8 Å². The predicted molar refractivity (Wildman–Crippen MR) is 102 cm³/mol. The molecule has 1 amide bonds. The highest BCUT2D eigenvalue weighted by atomic mass is 19.4. The average Bonchev–Trinajstić information content (AvgIpc) is 2.65. The fourth-order valence-corrected chi connectivity index (χ4v) is 2.70. The third-order valence-electron chi connectivity index (χ3n) is 4.30. The second kappa shape index (κ2) is 9.51. The number of likely N-dealkylation sites (N-methyl/N-ethyl adjacent to an activating group) is 1. The van der Waals surface area contributed by atoms with Crippen molar-refractivity contribution in [1.29, 1.82) is 0 Å². The molecule has 0 unspecified atom stereocenters. The summed E-state index contributed by atoms with van der Waals surface area (Å²) in [5.74, 6) is -0.266. The van der Waals surface area contributed by atoms with Gasteiger partial charge < -0.3 is 9.80 Å². The van der Waals surface area contributed by atoms with Gasteiger partial charge in [0.15, 0.2) is 0 Å². The molecule has 0 radical (unpaired) electrons. The summed E-state index contributed by atoms with van der Waals surface area (Å²) in [6, 6.07) is 10.6. The van der Waals surface area contributed by atoms with E-state index in [4.69, 9.17) is 0 Å². The second-order valence-corrected chi connectivity index (χ2v) is 6.92. The number of nitrogens with zero attached hydrogens (tertiary/aromatic N) is 3. The van der Waals surface area contributed by atoms with Crippen molar-refractivity contribution in [2.24, 2.45) is 0 Å². The van der Waals surface area contributed by atoms with Crippen molar-refractivity contribution in [2.45, 2.75) is 19.1 Å². The summed E-state index contributed by atoms with van der Waals surface area (Å²) in [5, 5.41) is 10.7. The summed E-state index contributed by atoms with van der Waals surface area (Å²) < 4.78 is 38.9. The van der Waals surface area contributed by atoms with Crippen molar-refractivity contribution in [3.63, 3.8) is 0 Å². The molecule has 0 N–H and O–H groups in total. The first-order valence-corrected chi connectivity index (χ1v) is 8.88. The molecule has 0 bridgehead atoms. The van der Waals surface area contributed by atoms with Gasteiger partial charge in [0.25, 0.3) is 5.69 Å². The Bertz CT molecular complexity index is 852. The molecule has 2 aromatic rings. The highest BCUT2D eigenvalue weighted by Gasteiger charge is 2.30. The van der Waals surface area contributed by atoms with Gasteiger partial charge in [-0.15, -0.1) is 0 Å². The van der Waals surface area contributed by atoms with Crippen LogP contribution >= 0.6 is 0 Å². The Morgan fingerprint density at radius 2 is 1.69 bits per heavy atom. The molecule has 29 heavy (non-hydrogen) atoms. The number of rotatable bonds is 8. The number of non-ortho nitro benzene ring substituents is 1. The van der Waals surface area contributed by atoms with Crippen LogP contribution in [-0.2, 0) is 23.9 Å². The van der Waals surface area contributed by atoms with Crippen molar-refractivity contribution in [3.8, 4) is 0 Å². The topological polar surface area (TPSA) is 66.7 Å². The van der Waals surface area contributed by atoms with Gasteiger partial charge >= 0.3 is 6.18 Å².